The number of hydrogen-bond donors (Lipinski definition) is 0. The molecule has 0 aliphatic rings. The van der Waals surface area contributed by atoms with Crippen LogP contribution < -0.4 is 11.2 Å². The fourth-order valence-corrected chi connectivity index (χ4v) is 3.96. The van der Waals surface area contributed by atoms with Gasteiger partial charge in [0.15, 0.2) is 16.3 Å². The smallest absolute Gasteiger partial charge is 0.309 e. The van der Waals surface area contributed by atoms with E-state index in [0.29, 0.717) is 17.7 Å². The molecule has 24 heavy (non-hydrogen) atoms. The highest BCUT2D eigenvalue weighted by Crippen LogP contribution is 2.23. The van der Waals surface area contributed by atoms with Crippen molar-refractivity contribution >= 4 is 45.5 Å². The molecule has 3 rings (SSSR count). The van der Waals surface area contributed by atoms with Crippen LogP contribution in [-0.2, 0) is 20.6 Å². The molecule has 0 amide bonds. The first-order chi connectivity index (χ1) is 11.4. The number of hydrogen-bond acceptors (Lipinski definition) is 4. The number of rotatable bonds is 4. The minimum atomic E-state index is -0.362. The lowest BCUT2D eigenvalue weighted by Gasteiger charge is -2.09. The first-order valence-corrected chi connectivity index (χ1v) is 9.54. The van der Waals surface area contributed by atoms with E-state index in [9.17, 15) is 9.59 Å². The third-order valence-electron chi connectivity index (χ3n) is 3.82. The maximum Gasteiger partial charge on any atom is 0.332 e. The van der Waals surface area contributed by atoms with Crippen molar-refractivity contribution in [2.75, 3.05) is 5.75 Å². The highest BCUT2D eigenvalue weighted by atomic mass is 127. The van der Waals surface area contributed by atoms with E-state index in [1.54, 1.807) is 18.8 Å². The van der Waals surface area contributed by atoms with Crippen molar-refractivity contribution in [2.45, 2.75) is 18.6 Å². The van der Waals surface area contributed by atoms with E-state index in [2.05, 4.69) is 33.6 Å². The molecule has 0 aliphatic heterocycles. The van der Waals surface area contributed by atoms with Crippen LogP contribution in [0.4, 0.5) is 0 Å². The normalized spacial score (nSPS) is 11.3. The molecule has 0 aliphatic carbocycles. The van der Waals surface area contributed by atoms with Gasteiger partial charge in [-0.1, -0.05) is 30.8 Å². The molecule has 0 atom stereocenters. The van der Waals surface area contributed by atoms with Crippen molar-refractivity contribution in [1.82, 2.24) is 18.7 Å². The summed E-state index contributed by atoms with van der Waals surface area (Å²) in [5.41, 5.74) is 1.32. The zero-order valence-corrected chi connectivity index (χ0v) is 16.6. The van der Waals surface area contributed by atoms with Crippen LogP contribution in [0.3, 0.4) is 0 Å². The molecule has 0 N–H and O–H groups in total. The Morgan fingerprint density at radius 2 is 1.96 bits per heavy atom. The van der Waals surface area contributed by atoms with Gasteiger partial charge in [0.25, 0.3) is 5.56 Å². The van der Waals surface area contributed by atoms with E-state index in [1.165, 1.54) is 11.6 Å². The van der Waals surface area contributed by atoms with Crippen molar-refractivity contribution in [3.05, 3.63) is 54.2 Å². The Kier molecular flexibility index (Phi) is 4.86. The molecular formula is C16H17IN4O2S. The van der Waals surface area contributed by atoms with Gasteiger partial charge in [-0.15, -0.1) is 0 Å². The largest absolute Gasteiger partial charge is 0.332 e. The highest BCUT2D eigenvalue weighted by molar-refractivity contribution is 14.1. The van der Waals surface area contributed by atoms with Crippen LogP contribution in [0.5, 0.6) is 0 Å². The second kappa shape index (κ2) is 6.75. The Hall–Kier alpha value is -1.55. The Balaban J connectivity index is 2.30. The van der Waals surface area contributed by atoms with Gasteiger partial charge in [0.05, 0.1) is 6.54 Å². The van der Waals surface area contributed by atoms with Crippen molar-refractivity contribution in [1.29, 1.82) is 0 Å². The van der Waals surface area contributed by atoms with Gasteiger partial charge in [-0.25, -0.2) is 9.78 Å². The van der Waals surface area contributed by atoms with Crippen molar-refractivity contribution in [3.8, 4) is 0 Å². The molecule has 0 bridgehead atoms. The van der Waals surface area contributed by atoms with Gasteiger partial charge in [-0.05, 0) is 46.0 Å². The van der Waals surface area contributed by atoms with E-state index >= 15 is 0 Å². The van der Waals surface area contributed by atoms with E-state index in [1.807, 2.05) is 29.7 Å². The quantitative estimate of drug-likeness (QED) is 0.446. The minimum absolute atomic E-state index is 0.311. The average molecular weight is 456 g/mol. The van der Waals surface area contributed by atoms with Crippen molar-refractivity contribution in [2.24, 2.45) is 14.1 Å². The van der Waals surface area contributed by atoms with Gasteiger partial charge < -0.3 is 4.57 Å². The second-order valence-electron chi connectivity index (χ2n) is 5.42. The molecule has 126 valence electrons. The lowest BCUT2D eigenvalue weighted by Crippen LogP contribution is -2.37. The van der Waals surface area contributed by atoms with Crippen LogP contribution in [0.25, 0.3) is 11.2 Å². The summed E-state index contributed by atoms with van der Waals surface area (Å²) in [7, 11) is 3.15. The highest BCUT2D eigenvalue weighted by Gasteiger charge is 2.19. The number of nitrogens with zero attached hydrogens (tertiary/aromatic N) is 4. The van der Waals surface area contributed by atoms with Crippen molar-refractivity contribution < 1.29 is 0 Å². The zero-order valence-electron chi connectivity index (χ0n) is 13.6. The minimum Gasteiger partial charge on any atom is -0.309 e. The van der Waals surface area contributed by atoms with Crippen LogP contribution in [0.2, 0.25) is 0 Å². The lowest BCUT2D eigenvalue weighted by atomic mass is 10.2. The Labute approximate surface area is 156 Å². The summed E-state index contributed by atoms with van der Waals surface area (Å²) >= 11 is 3.84. The Bertz CT molecular complexity index is 1030. The summed E-state index contributed by atoms with van der Waals surface area (Å²) in [4.78, 5) is 29.4. The van der Waals surface area contributed by atoms with E-state index in [4.69, 9.17) is 0 Å². The van der Waals surface area contributed by atoms with Gasteiger partial charge >= 0.3 is 5.69 Å². The first kappa shape index (κ1) is 17.3. The zero-order chi connectivity index (χ0) is 17.4. The molecule has 8 heteroatoms. The van der Waals surface area contributed by atoms with Crippen LogP contribution in [0, 0.1) is 3.57 Å². The van der Waals surface area contributed by atoms with Crippen LogP contribution >= 0.6 is 34.4 Å². The predicted octanol–water partition coefficient (Wildman–Crippen LogP) is 2.20. The van der Waals surface area contributed by atoms with Crippen LogP contribution in [0.1, 0.15) is 12.5 Å². The average Bonchev–Trinajstić information content (AvgIpc) is 2.90. The Morgan fingerprint density at radius 1 is 1.21 bits per heavy atom. The molecular weight excluding hydrogens is 439 g/mol. The summed E-state index contributed by atoms with van der Waals surface area (Å²) in [5.74, 6) is 0.837. The van der Waals surface area contributed by atoms with Crippen LogP contribution in [0.15, 0.2) is 39.0 Å². The van der Waals surface area contributed by atoms with E-state index in [-0.39, 0.29) is 11.2 Å². The van der Waals surface area contributed by atoms with Gasteiger partial charge in [0.1, 0.15) is 0 Å². The summed E-state index contributed by atoms with van der Waals surface area (Å²) in [6, 6.07) is 8.14. The molecule has 0 saturated carbocycles. The van der Waals surface area contributed by atoms with Crippen LogP contribution in [-0.4, -0.2) is 24.4 Å². The molecule has 0 saturated heterocycles. The molecule has 6 nitrogen and oxygen atoms in total. The number of aromatic nitrogens is 4. The molecule has 0 fully saturated rings. The fourth-order valence-electron chi connectivity index (χ4n) is 2.63. The number of benzene rings is 1. The number of fused-ring (bicyclic) bond motifs is 1. The van der Waals surface area contributed by atoms with Gasteiger partial charge in [-0.3, -0.25) is 13.9 Å². The predicted molar refractivity (Wildman–Crippen MR) is 105 cm³/mol. The number of thioether (sulfide) groups is 1. The molecule has 0 radical (unpaired) electrons. The summed E-state index contributed by atoms with van der Waals surface area (Å²) in [6.45, 7) is 2.58. The molecule has 2 aromatic heterocycles. The van der Waals surface area contributed by atoms with Gasteiger partial charge in [-0.2, -0.15) is 0 Å². The number of imidazole rings is 1. The number of aryl methyl sites for hydroxylation is 1. The standard InChI is InChI=1S/C16H17IN4O2S/c1-4-24-15-18-13-12(14(22)20(3)16(23)19(13)2)21(15)9-10-6-5-7-11(17)8-10/h5-8H,4,9H2,1-3H3. The summed E-state index contributed by atoms with van der Waals surface area (Å²) < 4.78 is 5.62. The maximum absolute atomic E-state index is 12.7. The van der Waals surface area contributed by atoms with Gasteiger partial charge in [0, 0.05) is 17.7 Å². The molecule has 0 unspecified atom stereocenters. The molecule has 2 heterocycles. The third kappa shape index (κ3) is 2.92. The maximum atomic E-state index is 12.7. The second-order valence-corrected chi connectivity index (χ2v) is 7.90. The number of halogens is 1. The topological polar surface area (TPSA) is 61.8 Å². The molecule has 3 aromatic rings. The summed E-state index contributed by atoms with van der Waals surface area (Å²) in [5, 5.41) is 0.754. The SMILES string of the molecule is CCSc1nc2c(c(=O)n(C)c(=O)n2C)n1Cc1cccc(I)c1. The van der Waals surface area contributed by atoms with E-state index < -0.39 is 0 Å². The third-order valence-corrected chi connectivity index (χ3v) is 5.35. The first-order valence-electron chi connectivity index (χ1n) is 7.47. The van der Waals surface area contributed by atoms with Crippen molar-refractivity contribution in [3.63, 3.8) is 0 Å². The lowest BCUT2D eigenvalue weighted by molar-refractivity contribution is 0.696. The molecule has 1 aromatic carbocycles. The fraction of sp³-hybridized carbons (Fsp3) is 0.312. The van der Waals surface area contributed by atoms with Gasteiger partial charge in [0.2, 0.25) is 0 Å². The molecule has 0 spiro atoms. The summed E-state index contributed by atoms with van der Waals surface area (Å²) in [6.07, 6.45) is 0. The monoisotopic (exact) mass is 456 g/mol. The van der Waals surface area contributed by atoms with E-state index in [0.717, 1.165) is 24.6 Å². The Morgan fingerprint density at radius 3 is 2.62 bits per heavy atom.